The predicted octanol–water partition coefficient (Wildman–Crippen LogP) is 2.10. The van der Waals surface area contributed by atoms with Gasteiger partial charge < -0.3 is 10.1 Å². The van der Waals surface area contributed by atoms with E-state index in [0.717, 1.165) is 0 Å². The third-order valence-corrected chi connectivity index (χ3v) is 8.40. The van der Waals surface area contributed by atoms with E-state index in [1.165, 1.54) is 34.6 Å². The summed E-state index contributed by atoms with van der Waals surface area (Å²) in [6.07, 6.45) is 1.11. The minimum Gasteiger partial charge on any atom is -0.492 e. The number of sulfonamides is 2. The van der Waals surface area contributed by atoms with E-state index in [0.29, 0.717) is 37.3 Å². The van der Waals surface area contributed by atoms with Crippen LogP contribution in [0.15, 0.2) is 52.3 Å². The van der Waals surface area contributed by atoms with Gasteiger partial charge >= 0.3 is 0 Å². The lowest BCUT2D eigenvalue weighted by molar-refractivity contribution is -0.126. The second-order valence-electron chi connectivity index (χ2n) is 7.63. The number of hydrogen-bond acceptors (Lipinski definition) is 6. The Morgan fingerprint density at radius 2 is 1.82 bits per heavy atom. The molecule has 9 nitrogen and oxygen atoms in total. The van der Waals surface area contributed by atoms with Crippen molar-refractivity contribution in [3.8, 4) is 5.75 Å². The third kappa shape index (κ3) is 6.24. The summed E-state index contributed by atoms with van der Waals surface area (Å²) in [5.74, 6) is -0.364. The lowest BCUT2D eigenvalue weighted by Crippen LogP contribution is -2.45. The maximum Gasteiger partial charge on any atom is 0.243 e. The maximum atomic E-state index is 13.1. The highest BCUT2D eigenvalue weighted by atomic mass is 35.5. The van der Waals surface area contributed by atoms with Gasteiger partial charge in [0.05, 0.1) is 27.3 Å². The number of halogens is 1. The number of carbonyl (C=O) groups excluding carboxylic acids is 1. The Kier molecular flexibility index (Phi) is 8.01. The lowest BCUT2D eigenvalue weighted by atomic mass is 9.99. The van der Waals surface area contributed by atoms with E-state index in [4.69, 9.17) is 21.5 Å². The van der Waals surface area contributed by atoms with E-state index < -0.39 is 26.0 Å². The molecular weight excluding hydrogens is 490 g/mol. The van der Waals surface area contributed by atoms with Crippen molar-refractivity contribution in [2.24, 2.45) is 11.1 Å². The van der Waals surface area contributed by atoms with Crippen LogP contribution in [0, 0.1) is 5.92 Å². The fourth-order valence-electron chi connectivity index (χ4n) is 3.57. The van der Waals surface area contributed by atoms with E-state index >= 15 is 0 Å². The molecule has 33 heavy (non-hydrogen) atoms. The summed E-state index contributed by atoms with van der Waals surface area (Å²) in [6, 6.07) is 10.2. The number of nitrogens with one attached hydrogen (secondary N) is 1. The van der Waals surface area contributed by atoms with Gasteiger partial charge in [-0.15, -0.1) is 0 Å². The standard InChI is InChI=1S/C21H26ClN3O6S2/c1-2-31-20-10-9-18(12-19(20)22)33(29,30)25-11-3-4-16(14-25)21(26)24-13-15-5-7-17(8-6-15)32(23,27)28/h5-10,12,16H,2-4,11,13-14H2,1H3,(H,24,26)(H2,23,27,28)/t16-/m1/s1. The highest BCUT2D eigenvalue weighted by Gasteiger charge is 2.33. The fourth-order valence-corrected chi connectivity index (χ4v) is 5.93. The number of ether oxygens (including phenoxy) is 1. The van der Waals surface area contributed by atoms with Crippen molar-refractivity contribution < 1.29 is 26.4 Å². The van der Waals surface area contributed by atoms with Gasteiger partial charge in [0.15, 0.2) is 0 Å². The summed E-state index contributed by atoms with van der Waals surface area (Å²) in [5.41, 5.74) is 0.695. The highest BCUT2D eigenvalue weighted by Crippen LogP contribution is 2.30. The van der Waals surface area contributed by atoms with Crippen LogP contribution in [0.25, 0.3) is 0 Å². The third-order valence-electron chi connectivity index (χ3n) is 5.31. The first kappa shape index (κ1) is 25.4. The average molecular weight is 516 g/mol. The fraction of sp³-hybridized carbons (Fsp3) is 0.381. The number of benzene rings is 2. The Labute approximate surface area is 199 Å². The summed E-state index contributed by atoms with van der Waals surface area (Å²) >= 11 is 6.15. The van der Waals surface area contributed by atoms with Gasteiger partial charge in [0.1, 0.15) is 5.75 Å². The van der Waals surface area contributed by atoms with Gasteiger partial charge in [0.2, 0.25) is 26.0 Å². The van der Waals surface area contributed by atoms with E-state index in [2.05, 4.69) is 5.32 Å². The first-order chi connectivity index (χ1) is 15.5. The van der Waals surface area contributed by atoms with Crippen LogP contribution in [-0.4, -0.2) is 46.7 Å². The predicted molar refractivity (Wildman–Crippen MR) is 124 cm³/mol. The van der Waals surface area contributed by atoms with Crippen molar-refractivity contribution in [3.05, 3.63) is 53.1 Å². The summed E-state index contributed by atoms with van der Waals surface area (Å²) in [5, 5.41) is 8.08. The van der Waals surface area contributed by atoms with Crippen LogP contribution in [0.2, 0.25) is 5.02 Å². The Hall–Kier alpha value is -2.18. The molecule has 1 atom stereocenters. The molecule has 180 valence electrons. The largest absolute Gasteiger partial charge is 0.492 e. The molecule has 1 saturated heterocycles. The molecule has 1 amide bonds. The van der Waals surface area contributed by atoms with Crippen molar-refractivity contribution in [1.29, 1.82) is 0 Å². The number of nitrogens with zero attached hydrogens (tertiary/aromatic N) is 1. The van der Waals surface area contributed by atoms with Crippen LogP contribution in [-0.2, 0) is 31.4 Å². The molecule has 3 rings (SSSR count). The molecule has 1 heterocycles. The highest BCUT2D eigenvalue weighted by molar-refractivity contribution is 7.89. The van der Waals surface area contributed by atoms with Crippen LogP contribution >= 0.6 is 11.6 Å². The van der Waals surface area contributed by atoms with Gasteiger partial charge in [-0.1, -0.05) is 23.7 Å². The van der Waals surface area contributed by atoms with Gasteiger partial charge in [-0.25, -0.2) is 22.0 Å². The van der Waals surface area contributed by atoms with Crippen molar-refractivity contribution in [2.75, 3.05) is 19.7 Å². The number of nitrogens with two attached hydrogens (primary N) is 1. The molecule has 0 spiro atoms. The first-order valence-electron chi connectivity index (χ1n) is 10.3. The molecule has 3 N–H and O–H groups in total. The monoisotopic (exact) mass is 515 g/mol. The zero-order valence-electron chi connectivity index (χ0n) is 18.0. The Morgan fingerprint density at radius 3 is 2.42 bits per heavy atom. The Balaban J connectivity index is 1.64. The number of rotatable bonds is 8. The van der Waals surface area contributed by atoms with Crippen molar-refractivity contribution in [2.45, 2.75) is 36.1 Å². The minimum atomic E-state index is -3.82. The molecule has 0 radical (unpaired) electrons. The summed E-state index contributed by atoms with van der Waals surface area (Å²) in [6.45, 7) is 2.77. The van der Waals surface area contributed by atoms with E-state index in [9.17, 15) is 21.6 Å². The van der Waals surface area contributed by atoms with Gasteiger partial charge in [0.25, 0.3) is 0 Å². The normalized spacial score (nSPS) is 17.5. The second kappa shape index (κ2) is 10.4. The lowest BCUT2D eigenvalue weighted by Gasteiger charge is -2.31. The van der Waals surface area contributed by atoms with E-state index in [1.807, 2.05) is 0 Å². The summed E-state index contributed by atoms with van der Waals surface area (Å²) < 4.78 is 55.5. The molecule has 0 saturated carbocycles. The van der Waals surface area contributed by atoms with Gasteiger partial charge in [0, 0.05) is 19.6 Å². The topological polar surface area (TPSA) is 136 Å². The number of piperidine rings is 1. The number of hydrogen-bond donors (Lipinski definition) is 2. The first-order valence-corrected chi connectivity index (χ1v) is 13.7. The van der Waals surface area contributed by atoms with Crippen LogP contribution in [0.5, 0.6) is 5.75 Å². The molecule has 1 aliphatic heterocycles. The van der Waals surface area contributed by atoms with Crippen molar-refractivity contribution in [1.82, 2.24) is 9.62 Å². The van der Waals surface area contributed by atoms with Crippen molar-refractivity contribution in [3.63, 3.8) is 0 Å². The molecular formula is C21H26ClN3O6S2. The molecule has 0 aromatic heterocycles. The summed E-state index contributed by atoms with van der Waals surface area (Å²) in [4.78, 5) is 12.7. The second-order valence-corrected chi connectivity index (χ2v) is 11.5. The SMILES string of the molecule is CCOc1ccc(S(=O)(=O)N2CCC[C@@H](C(=O)NCc3ccc(S(N)(=O)=O)cc3)C2)cc1Cl. The molecule has 1 fully saturated rings. The van der Waals surface area contributed by atoms with E-state index in [-0.39, 0.29) is 33.8 Å². The maximum absolute atomic E-state index is 13.1. The zero-order chi connectivity index (χ0) is 24.2. The number of primary sulfonamides is 1. The van der Waals surface area contributed by atoms with Crippen LogP contribution in [0.3, 0.4) is 0 Å². The smallest absolute Gasteiger partial charge is 0.243 e. The molecule has 1 aliphatic rings. The van der Waals surface area contributed by atoms with Gasteiger partial charge in [-0.05, 0) is 55.7 Å². The van der Waals surface area contributed by atoms with E-state index in [1.54, 1.807) is 19.1 Å². The molecule has 0 bridgehead atoms. The average Bonchev–Trinajstić information content (AvgIpc) is 2.78. The quantitative estimate of drug-likeness (QED) is 0.552. The Bertz CT molecular complexity index is 1220. The van der Waals surface area contributed by atoms with Gasteiger partial charge in [-0.2, -0.15) is 4.31 Å². The molecule has 2 aromatic rings. The van der Waals surface area contributed by atoms with Crippen LogP contribution in [0.1, 0.15) is 25.3 Å². The Morgan fingerprint density at radius 1 is 1.15 bits per heavy atom. The summed E-state index contributed by atoms with van der Waals surface area (Å²) in [7, 11) is -7.61. The van der Waals surface area contributed by atoms with Crippen LogP contribution < -0.4 is 15.2 Å². The van der Waals surface area contributed by atoms with Gasteiger partial charge in [-0.3, -0.25) is 4.79 Å². The minimum absolute atomic E-state index is 0.0138. The molecule has 2 aromatic carbocycles. The number of amides is 1. The molecule has 0 aliphatic carbocycles. The van der Waals surface area contributed by atoms with Crippen molar-refractivity contribution >= 4 is 37.6 Å². The number of carbonyl (C=O) groups is 1. The van der Waals surface area contributed by atoms with Crippen LogP contribution in [0.4, 0.5) is 0 Å². The molecule has 0 unspecified atom stereocenters. The zero-order valence-corrected chi connectivity index (χ0v) is 20.4. The molecule has 12 heteroatoms.